The minimum Gasteiger partial charge on any atom is -0.481 e. The van der Waals surface area contributed by atoms with Gasteiger partial charge < -0.3 is 19.0 Å². The molecule has 128 valence electrons. The molecule has 0 aliphatic carbocycles. The average molecular weight is 326 g/mol. The number of ether oxygens (including phenoxy) is 2. The van der Waals surface area contributed by atoms with Gasteiger partial charge in [-0.25, -0.2) is 0 Å². The van der Waals surface area contributed by atoms with Crippen LogP contribution in [0.1, 0.15) is 37.7 Å². The van der Waals surface area contributed by atoms with Crippen LogP contribution in [0.4, 0.5) is 0 Å². The number of carbonyl (C=O) groups is 3. The Bertz CT molecular complexity index is 494. The first kappa shape index (κ1) is 18.7. The number of hydrogen-bond donors (Lipinski definition) is 1. The summed E-state index contributed by atoms with van der Waals surface area (Å²) in [7, 11) is 0. The first-order valence-electron chi connectivity index (χ1n) is 7.55. The van der Waals surface area contributed by atoms with Crippen LogP contribution in [0.25, 0.3) is 0 Å². The third kappa shape index (κ3) is 6.99. The van der Waals surface area contributed by atoms with E-state index < -0.39 is 12.1 Å². The summed E-state index contributed by atoms with van der Waals surface area (Å²) in [5.74, 6) is 0.295. The zero-order valence-electron chi connectivity index (χ0n) is 13.1. The second kappa shape index (κ2) is 10.4. The number of aryl methyl sites for hydroxylation is 2. The van der Waals surface area contributed by atoms with E-state index in [0.29, 0.717) is 50.8 Å². The summed E-state index contributed by atoms with van der Waals surface area (Å²) >= 11 is 0. The van der Waals surface area contributed by atoms with E-state index >= 15 is 0 Å². The molecule has 7 nitrogen and oxygen atoms in total. The van der Waals surface area contributed by atoms with Crippen molar-refractivity contribution >= 4 is 18.9 Å². The van der Waals surface area contributed by atoms with E-state index in [-0.39, 0.29) is 12.5 Å². The van der Waals surface area contributed by atoms with Crippen LogP contribution in [0.15, 0.2) is 16.5 Å². The van der Waals surface area contributed by atoms with Crippen molar-refractivity contribution in [1.29, 1.82) is 0 Å². The molecule has 2 unspecified atom stereocenters. The van der Waals surface area contributed by atoms with Crippen LogP contribution in [-0.4, -0.2) is 36.7 Å². The highest BCUT2D eigenvalue weighted by molar-refractivity contribution is 5.69. The third-order valence-corrected chi connectivity index (χ3v) is 3.61. The van der Waals surface area contributed by atoms with Crippen LogP contribution in [0, 0.1) is 5.92 Å². The van der Waals surface area contributed by atoms with Gasteiger partial charge in [0, 0.05) is 12.8 Å². The number of aliphatic carboxylic acids is 1. The van der Waals surface area contributed by atoms with Crippen LogP contribution in [0.5, 0.6) is 0 Å². The number of furan rings is 1. The number of carbonyl (C=O) groups excluding carboxylic acids is 2. The van der Waals surface area contributed by atoms with Gasteiger partial charge in [0.15, 0.2) is 0 Å². The number of rotatable bonds is 13. The number of carboxylic acids is 1. The molecule has 0 saturated heterocycles. The Hall–Kier alpha value is -2.31. The van der Waals surface area contributed by atoms with Gasteiger partial charge in [-0.15, -0.1) is 0 Å². The fourth-order valence-electron chi connectivity index (χ4n) is 2.23. The second-order valence-corrected chi connectivity index (χ2v) is 5.17. The van der Waals surface area contributed by atoms with Gasteiger partial charge in [0.05, 0.1) is 5.92 Å². The van der Waals surface area contributed by atoms with Crippen molar-refractivity contribution in [3.05, 3.63) is 23.7 Å². The van der Waals surface area contributed by atoms with Crippen molar-refractivity contribution in [1.82, 2.24) is 0 Å². The van der Waals surface area contributed by atoms with E-state index in [1.165, 1.54) is 0 Å². The van der Waals surface area contributed by atoms with Crippen LogP contribution < -0.4 is 0 Å². The van der Waals surface area contributed by atoms with Crippen LogP contribution in [0.2, 0.25) is 0 Å². The summed E-state index contributed by atoms with van der Waals surface area (Å²) in [6.45, 7) is 2.48. The smallest absolute Gasteiger partial charge is 0.306 e. The lowest BCUT2D eigenvalue weighted by atomic mass is 10.00. The molecule has 0 radical (unpaired) electrons. The fraction of sp³-hybridized carbons (Fsp3) is 0.562. The standard InChI is InChI=1S/C16H22O7/c1-2-12(16(19)20)3-4-13-5-6-14(23-13)7-8-15(22-11-18)9-21-10-17/h5-6,10-12,15H,2-4,7-9H2,1H3,(H,19,20). The monoisotopic (exact) mass is 326 g/mol. The minimum absolute atomic E-state index is 0.00654. The Morgan fingerprint density at radius 2 is 1.87 bits per heavy atom. The van der Waals surface area contributed by atoms with Gasteiger partial charge in [0.25, 0.3) is 12.9 Å². The Labute approximate surface area is 134 Å². The number of hydrogen-bond acceptors (Lipinski definition) is 6. The quantitative estimate of drug-likeness (QED) is 0.553. The molecule has 0 aliphatic rings. The summed E-state index contributed by atoms with van der Waals surface area (Å²) < 4.78 is 15.1. The highest BCUT2D eigenvalue weighted by Crippen LogP contribution is 2.17. The second-order valence-electron chi connectivity index (χ2n) is 5.17. The zero-order chi connectivity index (χ0) is 17.1. The molecular weight excluding hydrogens is 304 g/mol. The molecule has 0 saturated carbocycles. The average Bonchev–Trinajstić information content (AvgIpc) is 2.98. The van der Waals surface area contributed by atoms with E-state index in [9.17, 15) is 14.4 Å². The number of carboxylic acid groups (broad SMARTS) is 1. The van der Waals surface area contributed by atoms with E-state index in [1.54, 1.807) is 0 Å². The van der Waals surface area contributed by atoms with Gasteiger partial charge in [-0.3, -0.25) is 14.4 Å². The summed E-state index contributed by atoms with van der Waals surface area (Å²) in [6.07, 6.45) is 2.16. The lowest BCUT2D eigenvalue weighted by Crippen LogP contribution is -2.19. The lowest BCUT2D eigenvalue weighted by molar-refractivity contribution is -0.143. The SMILES string of the molecule is CCC(CCc1ccc(CCC(COC=O)OC=O)o1)C(=O)O. The minimum atomic E-state index is -0.789. The molecule has 23 heavy (non-hydrogen) atoms. The van der Waals surface area contributed by atoms with E-state index in [0.717, 1.165) is 5.76 Å². The molecule has 0 aliphatic heterocycles. The molecule has 1 N–H and O–H groups in total. The first-order chi connectivity index (χ1) is 11.1. The molecule has 1 aromatic heterocycles. The Morgan fingerprint density at radius 1 is 1.22 bits per heavy atom. The van der Waals surface area contributed by atoms with Crippen molar-refractivity contribution in [2.45, 2.75) is 45.1 Å². The third-order valence-electron chi connectivity index (χ3n) is 3.61. The van der Waals surface area contributed by atoms with Crippen molar-refractivity contribution in [2.24, 2.45) is 5.92 Å². The molecule has 0 bridgehead atoms. The molecule has 2 atom stereocenters. The van der Waals surface area contributed by atoms with E-state index in [4.69, 9.17) is 14.3 Å². The first-order valence-corrected chi connectivity index (χ1v) is 7.55. The highest BCUT2D eigenvalue weighted by Gasteiger charge is 2.16. The van der Waals surface area contributed by atoms with Crippen LogP contribution in [0.3, 0.4) is 0 Å². The van der Waals surface area contributed by atoms with Crippen LogP contribution >= 0.6 is 0 Å². The molecule has 0 fully saturated rings. The fourth-order valence-corrected chi connectivity index (χ4v) is 2.23. The maximum Gasteiger partial charge on any atom is 0.306 e. The molecular formula is C16H22O7. The maximum atomic E-state index is 11.0. The molecule has 1 heterocycles. The predicted molar refractivity (Wildman–Crippen MR) is 79.7 cm³/mol. The lowest BCUT2D eigenvalue weighted by Gasteiger charge is -2.12. The summed E-state index contributed by atoms with van der Waals surface area (Å²) in [4.78, 5) is 31.5. The van der Waals surface area contributed by atoms with Crippen molar-refractivity contribution in [3.63, 3.8) is 0 Å². The van der Waals surface area contributed by atoms with Gasteiger partial charge in [-0.2, -0.15) is 0 Å². The zero-order valence-corrected chi connectivity index (χ0v) is 13.1. The van der Waals surface area contributed by atoms with Gasteiger partial charge >= 0.3 is 5.97 Å². The molecule has 1 rings (SSSR count). The van der Waals surface area contributed by atoms with E-state index in [1.807, 2.05) is 19.1 Å². The van der Waals surface area contributed by atoms with Gasteiger partial charge in [0.1, 0.15) is 24.2 Å². The molecule has 0 aromatic carbocycles. The Balaban J connectivity index is 2.44. The molecule has 0 spiro atoms. The topological polar surface area (TPSA) is 103 Å². The van der Waals surface area contributed by atoms with Gasteiger partial charge in [0.2, 0.25) is 0 Å². The van der Waals surface area contributed by atoms with Crippen molar-refractivity contribution in [2.75, 3.05) is 6.61 Å². The Morgan fingerprint density at radius 3 is 2.39 bits per heavy atom. The van der Waals surface area contributed by atoms with E-state index in [2.05, 4.69) is 4.74 Å². The van der Waals surface area contributed by atoms with Gasteiger partial charge in [-0.05, 0) is 31.4 Å². The normalized spacial score (nSPS) is 13.1. The molecule has 1 aromatic rings. The van der Waals surface area contributed by atoms with Gasteiger partial charge in [-0.1, -0.05) is 6.92 Å². The molecule has 7 heteroatoms. The molecule has 0 amide bonds. The van der Waals surface area contributed by atoms with Crippen molar-refractivity contribution < 1.29 is 33.4 Å². The summed E-state index contributed by atoms with van der Waals surface area (Å²) in [5.41, 5.74) is 0. The Kier molecular flexibility index (Phi) is 8.49. The summed E-state index contributed by atoms with van der Waals surface area (Å²) in [6, 6.07) is 3.64. The largest absolute Gasteiger partial charge is 0.481 e. The van der Waals surface area contributed by atoms with Crippen LogP contribution in [-0.2, 0) is 36.7 Å². The summed E-state index contributed by atoms with van der Waals surface area (Å²) in [5, 5.41) is 9.01. The van der Waals surface area contributed by atoms with Crippen molar-refractivity contribution in [3.8, 4) is 0 Å². The maximum absolute atomic E-state index is 11.0. The highest BCUT2D eigenvalue weighted by atomic mass is 16.6. The predicted octanol–water partition coefficient (Wildman–Crippen LogP) is 1.97.